The summed E-state index contributed by atoms with van der Waals surface area (Å²) in [5.41, 5.74) is 2.30. The Balaban J connectivity index is 1.77. The Morgan fingerprint density at radius 3 is 2.33 bits per heavy atom. The maximum Gasteiger partial charge on any atom is 0.338 e. The summed E-state index contributed by atoms with van der Waals surface area (Å²) in [6.45, 7) is 13.8. The van der Waals surface area contributed by atoms with E-state index < -0.39 is 17.4 Å². The van der Waals surface area contributed by atoms with Crippen LogP contribution in [-0.2, 0) is 19.7 Å². The van der Waals surface area contributed by atoms with E-state index in [1.807, 2.05) is 20.8 Å². The number of rotatable bonds is 14. The minimum Gasteiger partial charge on any atom is -0.505 e. The number of hydrogen-bond acceptors (Lipinski definition) is 8. The number of ether oxygens (including phenoxy) is 3. The van der Waals surface area contributed by atoms with Crippen LogP contribution in [-0.4, -0.2) is 51.9 Å². The molecule has 0 saturated heterocycles. The summed E-state index contributed by atoms with van der Waals surface area (Å²) in [6.07, 6.45) is 6.69. The van der Waals surface area contributed by atoms with Crippen LogP contribution >= 0.6 is 0 Å². The van der Waals surface area contributed by atoms with Gasteiger partial charge >= 0.3 is 11.9 Å². The number of aromatic hydroxyl groups is 1. The van der Waals surface area contributed by atoms with Crippen LogP contribution in [0.3, 0.4) is 0 Å². The summed E-state index contributed by atoms with van der Waals surface area (Å²) in [5, 5.41) is 20.2. The van der Waals surface area contributed by atoms with Crippen molar-refractivity contribution in [1.29, 1.82) is 0 Å². The highest BCUT2D eigenvalue weighted by atomic mass is 16.6. The van der Waals surface area contributed by atoms with Gasteiger partial charge in [-0.05, 0) is 43.0 Å². The number of unbranched alkanes of at least 4 members (excludes halogenated alkanes) is 5. The van der Waals surface area contributed by atoms with Crippen LogP contribution in [0, 0.1) is 0 Å². The molecule has 0 amide bonds. The van der Waals surface area contributed by atoms with E-state index in [1.54, 1.807) is 37.3 Å². The standard InChI is InChI=1S/C31H41N3O6/c1-7-8-9-10-11-12-15-39-30(37)22-13-14-25-26(18-22)33-34(32-25)27-20-23(19-24(28(27)35)31(4,5)6)38-16-17-40-29(36)21(2)3/h13-14,18-20,35H,2,7-12,15-17H2,1,3-6H3. The molecule has 0 bridgehead atoms. The zero-order valence-corrected chi connectivity index (χ0v) is 24.3. The van der Waals surface area contributed by atoms with Gasteiger partial charge in [-0.2, -0.15) is 0 Å². The molecule has 0 aliphatic heterocycles. The summed E-state index contributed by atoms with van der Waals surface area (Å²) in [4.78, 5) is 25.5. The number of benzene rings is 2. The molecule has 0 aliphatic rings. The summed E-state index contributed by atoms with van der Waals surface area (Å²) >= 11 is 0. The Kier molecular flexibility index (Phi) is 10.7. The Bertz CT molecular complexity index is 1340. The minimum atomic E-state index is -0.483. The number of carbonyl (C=O) groups excluding carboxylic acids is 2. The zero-order valence-electron chi connectivity index (χ0n) is 24.3. The predicted octanol–water partition coefficient (Wildman–Crippen LogP) is 6.44. The van der Waals surface area contributed by atoms with Gasteiger partial charge in [-0.1, -0.05) is 66.4 Å². The molecule has 0 unspecified atom stereocenters. The molecule has 9 heteroatoms. The van der Waals surface area contributed by atoms with Gasteiger partial charge in [0, 0.05) is 17.2 Å². The van der Waals surface area contributed by atoms with E-state index in [4.69, 9.17) is 14.2 Å². The van der Waals surface area contributed by atoms with E-state index in [0.29, 0.717) is 45.8 Å². The van der Waals surface area contributed by atoms with Crippen LogP contribution in [0.1, 0.15) is 89.1 Å². The molecule has 1 heterocycles. The number of aromatic nitrogens is 3. The molecular formula is C31H41N3O6. The fourth-order valence-electron chi connectivity index (χ4n) is 4.10. The van der Waals surface area contributed by atoms with Gasteiger partial charge in [0.05, 0.1) is 12.2 Å². The van der Waals surface area contributed by atoms with E-state index in [1.165, 1.54) is 24.1 Å². The van der Waals surface area contributed by atoms with Gasteiger partial charge in [-0.3, -0.25) is 0 Å². The van der Waals surface area contributed by atoms with Gasteiger partial charge in [-0.15, -0.1) is 15.0 Å². The van der Waals surface area contributed by atoms with Crippen molar-refractivity contribution in [2.45, 2.75) is 78.6 Å². The first-order valence-corrected chi connectivity index (χ1v) is 13.9. The maximum atomic E-state index is 12.6. The third-order valence-electron chi connectivity index (χ3n) is 6.37. The number of phenols is 1. The van der Waals surface area contributed by atoms with E-state index in [0.717, 1.165) is 19.3 Å². The molecule has 3 rings (SSSR count). The van der Waals surface area contributed by atoms with Crippen molar-refractivity contribution in [2.75, 3.05) is 19.8 Å². The molecule has 40 heavy (non-hydrogen) atoms. The summed E-state index contributed by atoms with van der Waals surface area (Å²) in [5.74, 6) is -0.397. The number of fused-ring (bicyclic) bond motifs is 1. The molecule has 1 aromatic heterocycles. The van der Waals surface area contributed by atoms with Crippen molar-refractivity contribution in [2.24, 2.45) is 0 Å². The average molecular weight is 552 g/mol. The van der Waals surface area contributed by atoms with Gasteiger partial charge in [0.15, 0.2) is 0 Å². The van der Waals surface area contributed by atoms with Gasteiger partial charge in [-0.25, -0.2) is 9.59 Å². The fourth-order valence-corrected chi connectivity index (χ4v) is 4.10. The summed E-state index contributed by atoms with van der Waals surface area (Å²) in [7, 11) is 0. The average Bonchev–Trinajstić information content (AvgIpc) is 3.33. The van der Waals surface area contributed by atoms with Crippen LogP contribution in [0.4, 0.5) is 0 Å². The first-order chi connectivity index (χ1) is 19.0. The number of nitrogens with zero attached hydrogens (tertiary/aromatic N) is 3. The molecule has 0 atom stereocenters. The number of hydrogen-bond donors (Lipinski definition) is 1. The second-order valence-corrected chi connectivity index (χ2v) is 10.9. The lowest BCUT2D eigenvalue weighted by Crippen LogP contribution is -2.15. The Morgan fingerprint density at radius 1 is 0.925 bits per heavy atom. The van der Waals surface area contributed by atoms with Crippen molar-refractivity contribution < 1.29 is 28.9 Å². The molecule has 0 aliphatic carbocycles. The van der Waals surface area contributed by atoms with Crippen LogP contribution in [0.2, 0.25) is 0 Å². The first-order valence-electron chi connectivity index (χ1n) is 13.9. The molecule has 3 aromatic rings. The van der Waals surface area contributed by atoms with Crippen LogP contribution < -0.4 is 4.74 Å². The van der Waals surface area contributed by atoms with E-state index in [9.17, 15) is 14.7 Å². The third-order valence-corrected chi connectivity index (χ3v) is 6.37. The van der Waals surface area contributed by atoms with Crippen molar-refractivity contribution in [3.63, 3.8) is 0 Å². The molecule has 0 radical (unpaired) electrons. The lowest BCUT2D eigenvalue weighted by atomic mass is 9.86. The van der Waals surface area contributed by atoms with Gasteiger partial charge < -0.3 is 19.3 Å². The molecule has 0 fully saturated rings. The van der Waals surface area contributed by atoms with Crippen molar-refractivity contribution in [3.8, 4) is 17.2 Å². The Morgan fingerprint density at radius 2 is 1.62 bits per heavy atom. The fraction of sp³-hybridized carbons (Fsp3) is 0.484. The molecule has 2 aromatic carbocycles. The lowest BCUT2D eigenvalue weighted by molar-refractivity contribution is -0.139. The molecular weight excluding hydrogens is 510 g/mol. The monoisotopic (exact) mass is 551 g/mol. The molecule has 0 saturated carbocycles. The molecule has 1 N–H and O–H groups in total. The largest absolute Gasteiger partial charge is 0.505 e. The van der Waals surface area contributed by atoms with Crippen LogP contribution in [0.25, 0.3) is 16.7 Å². The van der Waals surface area contributed by atoms with Crippen molar-refractivity contribution in [3.05, 3.63) is 53.6 Å². The van der Waals surface area contributed by atoms with Crippen LogP contribution in [0.5, 0.6) is 11.5 Å². The first kappa shape index (κ1) is 30.7. The topological polar surface area (TPSA) is 113 Å². The lowest BCUT2D eigenvalue weighted by Gasteiger charge is -2.23. The second-order valence-electron chi connectivity index (χ2n) is 10.9. The number of phenolic OH excluding ortho intramolecular Hbond substituents is 1. The molecule has 9 nitrogen and oxygen atoms in total. The second kappa shape index (κ2) is 14.0. The Hall–Kier alpha value is -3.88. The predicted molar refractivity (Wildman–Crippen MR) is 154 cm³/mol. The summed E-state index contributed by atoms with van der Waals surface area (Å²) in [6, 6.07) is 8.38. The quantitative estimate of drug-likeness (QED) is 0.138. The zero-order chi connectivity index (χ0) is 29.3. The van der Waals surface area contributed by atoms with Gasteiger partial charge in [0.2, 0.25) is 0 Å². The van der Waals surface area contributed by atoms with E-state index >= 15 is 0 Å². The summed E-state index contributed by atoms with van der Waals surface area (Å²) < 4.78 is 16.4. The molecule has 216 valence electrons. The highest BCUT2D eigenvalue weighted by molar-refractivity contribution is 5.93. The van der Waals surface area contributed by atoms with Crippen molar-refractivity contribution >= 4 is 23.0 Å². The molecule has 0 spiro atoms. The van der Waals surface area contributed by atoms with Crippen LogP contribution in [0.15, 0.2) is 42.5 Å². The van der Waals surface area contributed by atoms with E-state index in [-0.39, 0.29) is 19.0 Å². The highest BCUT2D eigenvalue weighted by Crippen LogP contribution is 2.38. The normalized spacial score (nSPS) is 11.4. The van der Waals surface area contributed by atoms with Gasteiger partial charge in [0.1, 0.15) is 41.4 Å². The Labute approximate surface area is 236 Å². The number of carbonyl (C=O) groups is 2. The number of esters is 2. The van der Waals surface area contributed by atoms with Crippen molar-refractivity contribution in [1.82, 2.24) is 15.0 Å². The maximum absolute atomic E-state index is 12.6. The highest BCUT2D eigenvalue weighted by Gasteiger charge is 2.24. The van der Waals surface area contributed by atoms with E-state index in [2.05, 4.69) is 23.7 Å². The SMILES string of the molecule is C=C(C)C(=O)OCCOc1cc(-n2nc3ccc(C(=O)OCCCCCCCC)cc3n2)c(O)c(C(C)(C)C)c1. The third kappa shape index (κ3) is 8.31. The smallest absolute Gasteiger partial charge is 0.338 e. The van der Waals surface area contributed by atoms with Gasteiger partial charge in [0.25, 0.3) is 0 Å². The minimum absolute atomic E-state index is 0.0208.